The summed E-state index contributed by atoms with van der Waals surface area (Å²) in [7, 11) is 0. The molecule has 3 unspecified atom stereocenters. The summed E-state index contributed by atoms with van der Waals surface area (Å²) in [6, 6.07) is 0. The fraction of sp³-hybridized carbons (Fsp3) is 0.850. The van der Waals surface area contributed by atoms with Gasteiger partial charge in [0.25, 0.3) is 5.60 Å². The van der Waals surface area contributed by atoms with Crippen LogP contribution in [0.2, 0.25) is 0 Å². The molecule has 0 spiro atoms. The molecule has 0 saturated heterocycles. The van der Waals surface area contributed by atoms with E-state index in [1.807, 2.05) is 0 Å². The van der Waals surface area contributed by atoms with Crippen LogP contribution >= 0.6 is 0 Å². The van der Waals surface area contributed by atoms with E-state index >= 15 is 0 Å². The summed E-state index contributed by atoms with van der Waals surface area (Å²) in [6.45, 7) is 3.06. The van der Waals surface area contributed by atoms with Gasteiger partial charge in [-0.2, -0.15) is 52.7 Å². The molecule has 0 heterocycles. The van der Waals surface area contributed by atoms with Gasteiger partial charge in [-0.05, 0) is 46.0 Å². The normalized spacial score (nSPS) is 23.8. The van der Waals surface area contributed by atoms with Gasteiger partial charge in [0.05, 0.1) is 6.10 Å². The van der Waals surface area contributed by atoms with Gasteiger partial charge in [0.2, 0.25) is 0 Å². The van der Waals surface area contributed by atoms with Gasteiger partial charge in [-0.1, -0.05) is 12.2 Å². The van der Waals surface area contributed by atoms with Gasteiger partial charge in [0.15, 0.2) is 0 Å². The molecule has 2 aliphatic carbocycles. The summed E-state index contributed by atoms with van der Waals surface area (Å²) >= 11 is 0. The van der Waals surface area contributed by atoms with E-state index in [4.69, 9.17) is 0 Å². The quantitative estimate of drug-likeness (QED) is 0.195. The molecule has 4 nitrogen and oxygen atoms in total. The van der Waals surface area contributed by atoms with Crippen molar-refractivity contribution in [1.82, 2.24) is 0 Å². The first kappa shape index (κ1) is 30.4. The fourth-order valence-corrected chi connectivity index (χ4v) is 4.14. The van der Waals surface area contributed by atoms with Crippen molar-refractivity contribution in [3.05, 3.63) is 12.2 Å². The summed E-state index contributed by atoms with van der Waals surface area (Å²) in [5, 5.41) is 0. The van der Waals surface area contributed by atoms with Gasteiger partial charge < -0.3 is 14.2 Å². The van der Waals surface area contributed by atoms with Crippen molar-refractivity contribution < 1.29 is 71.7 Å². The number of halogens is 12. The summed E-state index contributed by atoms with van der Waals surface area (Å²) in [4.78, 5) is 11.7. The molecule has 2 aliphatic rings. The predicted molar refractivity (Wildman–Crippen MR) is 96.5 cm³/mol. The number of carbonyl (C=O) groups excluding carboxylic acids is 1. The molecule has 0 aliphatic heterocycles. The molecule has 2 bridgehead atoms. The van der Waals surface area contributed by atoms with Gasteiger partial charge in [-0.3, -0.25) is 0 Å². The highest BCUT2D eigenvalue weighted by Gasteiger charge is 2.78. The lowest BCUT2D eigenvalue weighted by molar-refractivity contribution is -0.407. The van der Waals surface area contributed by atoms with Crippen LogP contribution in [0, 0.1) is 11.8 Å². The lowest BCUT2D eigenvalue weighted by Gasteiger charge is -2.43. The third kappa shape index (κ3) is 5.82. The zero-order valence-electron chi connectivity index (χ0n) is 18.9. The molecule has 36 heavy (non-hydrogen) atoms. The maximum absolute atomic E-state index is 13.9. The first-order chi connectivity index (χ1) is 15.9. The van der Waals surface area contributed by atoms with Crippen LogP contribution in [0.15, 0.2) is 12.2 Å². The summed E-state index contributed by atoms with van der Waals surface area (Å²) < 4.78 is 177. The van der Waals surface area contributed by atoms with Gasteiger partial charge in [-0.25, -0.2) is 4.79 Å². The van der Waals surface area contributed by atoms with Crippen molar-refractivity contribution in [2.24, 2.45) is 11.8 Å². The maximum Gasteiger partial charge on any atom is 0.510 e. The molecule has 0 aromatic rings. The lowest BCUT2D eigenvalue weighted by atomic mass is 9.86. The molecule has 1 saturated carbocycles. The number of alkyl halides is 12. The summed E-state index contributed by atoms with van der Waals surface area (Å²) in [5.74, 6) is -1.38. The van der Waals surface area contributed by atoms with E-state index in [1.54, 1.807) is 0 Å². The topological polar surface area (TPSA) is 44.8 Å². The molecular formula is C20H22F12O4. The number of hydrogen-bond acceptors (Lipinski definition) is 4. The van der Waals surface area contributed by atoms with Crippen LogP contribution in [-0.2, 0) is 14.2 Å². The number of carbonyl (C=O) groups is 1. The van der Waals surface area contributed by atoms with E-state index in [0.717, 1.165) is 20.8 Å². The monoisotopic (exact) mass is 554 g/mol. The molecular weight excluding hydrogens is 532 g/mol. The Hall–Kier alpha value is -1.87. The second kappa shape index (κ2) is 9.15. The third-order valence-corrected chi connectivity index (χ3v) is 5.88. The summed E-state index contributed by atoms with van der Waals surface area (Å²) in [6.07, 6.45) is -34.0. The van der Waals surface area contributed by atoms with Crippen molar-refractivity contribution in [3.63, 3.8) is 0 Å². The van der Waals surface area contributed by atoms with Crippen molar-refractivity contribution in [2.75, 3.05) is 0 Å². The molecule has 0 radical (unpaired) electrons. The third-order valence-electron chi connectivity index (χ3n) is 5.88. The zero-order chi connectivity index (χ0) is 28.2. The standard InChI is InChI=1S/C20H22F12O4/c1-14(2,3)35-13(33)36-16(19(27,28)29,20(30,31)32)7-6-15(17(21,22)23,18(24,25)26)34-12-9-10-4-5-11(12)8-10/h4-5,10-12H,6-9H2,1-3H3. The fourth-order valence-electron chi connectivity index (χ4n) is 4.14. The molecule has 0 aromatic heterocycles. The van der Waals surface area contributed by atoms with Gasteiger partial charge in [0.1, 0.15) is 5.60 Å². The molecule has 3 atom stereocenters. The van der Waals surface area contributed by atoms with Gasteiger partial charge >= 0.3 is 36.5 Å². The van der Waals surface area contributed by atoms with E-state index in [2.05, 4.69) is 14.2 Å². The molecule has 16 heteroatoms. The molecule has 0 amide bonds. The molecule has 0 N–H and O–H groups in total. The Morgan fingerprint density at radius 2 is 1.14 bits per heavy atom. The minimum Gasteiger partial charge on any atom is -0.429 e. The average molecular weight is 554 g/mol. The highest BCUT2D eigenvalue weighted by Crippen LogP contribution is 2.56. The highest BCUT2D eigenvalue weighted by atomic mass is 19.4. The van der Waals surface area contributed by atoms with E-state index in [-0.39, 0.29) is 12.8 Å². The Morgan fingerprint density at radius 1 is 0.694 bits per heavy atom. The Balaban J connectivity index is 2.55. The van der Waals surface area contributed by atoms with Crippen LogP contribution in [0.5, 0.6) is 0 Å². The van der Waals surface area contributed by atoms with E-state index in [0.29, 0.717) is 0 Å². The van der Waals surface area contributed by atoms with Crippen molar-refractivity contribution >= 4 is 6.16 Å². The number of rotatable bonds is 6. The van der Waals surface area contributed by atoms with Crippen LogP contribution in [-0.4, -0.2) is 53.8 Å². The molecule has 1 fully saturated rings. The average Bonchev–Trinajstić information content (AvgIpc) is 3.21. The van der Waals surface area contributed by atoms with E-state index in [1.165, 1.54) is 12.2 Å². The Kier molecular flexibility index (Phi) is 7.72. The maximum atomic E-state index is 13.9. The predicted octanol–water partition coefficient (Wildman–Crippen LogP) is 7.43. The number of fused-ring (bicyclic) bond motifs is 2. The number of hydrogen-bond donors (Lipinski definition) is 0. The Morgan fingerprint density at radius 3 is 1.47 bits per heavy atom. The molecule has 0 aromatic carbocycles. The van der Waals surface area contributed by atoms with Gasteiger partial charge in [0, 0.05) is 12.3 Å². The smallest absolute Gasteiger partial charge is 0.429 e. The second-order valence-corrected chi connectivity index (χ2v) is 9.65. The minimum atomic E-state index is -6.68. The highest BCUT2D eigenvalue weighted by molar-refractivity contribution is 5.61. The lowest BCUT2D eigenvalue weighted by Crippen LogP contribution is -2.64. The largest absolute Gasteiger partial charge is 0.510 e. The first-order valence-corrected chi connectivity index (χ1v) is 10.4. The SMILES string of the molecule is CC(C)(C)OC(=O)OC(CCC(OC1CC2C=CC1C2)(C(F)(F)F)C(F)(F)F)(C(F)(F)F)C(F)(F)F. The van der Waals surface area contributed by atoms with Crippen molar-refractivity contribution in [1.29, 1.82) is 0 Å². The van der Waals surface area contributed by atoms with Crippen LogP contribution in [0.3, 0.4) is 0 Å². The van der Waals surface area contributed by atoms with Crippen LogP contribution in [0.25, 0.3) is 0 Å². The second-order valence-electron chi connectivity index (χ2n) is 9.65. The van der Waals surface area contributed by atoms with E-state index in [9.17, 15) is 57.5 Å². The molecule has 2 rings (SSSR count). The summed E-state index contributed by atoms with van der Waals surface area (Å²) in [5.41, 5.74) is -12.9. The van der Waals surface area contributed by atoms with Gasteiger partial charge in [-0.15, -0.1) is 0 Å². The Bertz CT molecular complexity index is 804. The number of allylic oxidation sites excluding steroid dienone is 1. The zero-order valence-corrected chi connectivity index (χ0v) is 18.9. The van der Waals surface area contributed by atoms with Crippen LogP contribution in [0.4, 0.5) is 57.5 Å². The van der Waals surface area contributed by atoms with E-state index < -0.39 is 78.4 Å². The Labute approximate surface area is 196 Å². The number of ether oxygens (including phenoxy) is 3. The van der Waals surface area contributed by atoms with Crippen molar-refractivity contribution in [3.8, 4) is 0 Å². The van der Waals surface area contributed by atoms with Crippen LogP contribution in [0.1, 0.15) is 46.5 Å². The van der Waals surface area contributed by atoms with Crippen molar-refractivity contribution in [2.45, 2.75) is 94.1 Å². The first-order valence-electron chi connectivity index (χ1n) is 10.4. The molecule has 210 valence electrons. The minimum absolute atomic E-state index is 0.118. The van der Waals surface area contributed by atoms with Crippen LogP contribution < -0.4 is 0 Å².